The van der Waals surface area contributed by atoms with Gasteiger partial charge in [-0.3, -0.25) is 5.43 Å². The Morgan fingerprint density at radius 3 is 3.06 bits per heavy atom. The number of aryl methyl sites for hydroxylation is 1. The number of nitrogens with zero attached hydrogens (tertiary/aromatic N) is 2. The average Bonchev–Trinajstić information content (AvgIpc) is 2.84. The van der Waals surface area contributed by atoms with Gasteiger partial charge in [-0.15, -0.1) is 11.3 Å². The summed E-state index contributed by atoms with van der Waals surface area (Å²) in [5.74, 6) is 6.52. The Bertz CT molecular complexity index is 469. The second kappa shape index (κ2) is 5.60. The fraction of sp³-hybridized carbons (Fsp3) is 0.273. The van der Waals surface area contributed by atoms with E-state index in [1.165, 1.54) is 4.88 Å². The maximum Gasteiger partial charge on any atom is 0.239 e. The molecule has 0 radical (unpaired) electrons. The van der Waals surface area contributed by atoms with Crippen LogP contribution in [-0.4, -0.2) is 16.5 Å². The molecule has 2 aromatic heterocycles. The Labute approximate surface area is 104 Å². The van der Waals surface area contributed by atoms with E-state index in [4.69, 9.17) is 5.84 Å². The topological polar surface area (TPSA) is 75.9 Å². The highest BCUT2D eigenvalue weighted by atomic mass is 32.1. The van der Waals surface area contributed by atoms with Crippen molar-refractivity contribution < 1.29 is 0 Å². The third kappa shape index (κ3) is 3.15. The lowest BCUT2D eigenvalue weighted by Gasteiger charge is -2.08. The SMILES string of the molecule is Cc1cnc(NN)nc1NCCc1cccs1. The Kier molecular flexibility index (Phi) is 3.89. The Morgan fingerprint density at radius 1 is 1.47 bits per heavy atom. The van der Waals surface area contributed by atoms with Crippen LogP contribution in [-0.2, 0) is 6.42 Å². The third-order valence-electron chi connectivity index (χ3n) is 2.34. The van der Waals surface area contributed by atoms with Crippen LogP contribution in [0.4, 0.5) is 11.8 Å². The Hall–Kier alpha value is -1.66. The van der Waals surface area contributed by atoms with E-state index >= 15 is 0 Å². The van der Waals surface area contributed by atoms with Crippen molar-refractivity contribution in [2.75, 3.05) is 17.3 Å². The molecule has 0 unspecified atom stereocenters. The van der Waals surface area contributed by atoms with Gasteiger partial charge in [0.05, 0.1) is 0 Å². The van der Waals surface area contributed by atoms with Crippen LogP contribution >= 0.6 is 11.3 Å². The summed E-state index contributed by atoms with van der Waals surface area (Å²) < 4.78 is 0. The molecule has 0 aliphatic rings. The van der Waals surface area contributed by atoms with E-state index in [0.29, 0.717) is 5.95 Å². The second-order valence-corrected chi connectivity index (χ2v) is 4.66. The molecule has 0 atom stereocenters. The van der Waals surface area contributed by atoms with Crippen molar-refractivity contribution in [1.29, 1.82) is 0 Å². The van der Waals surface area contributed by atoms with E-state index in [2.05, 4.69) is 38.2 Å². The summed E-state index contributed by atoms with van der Waals surface area (Å²) in [7, 11) is 0. The van der Waals surface area contributed by atoms with Crippen molar-refractivity contribution in [3.8, 4) is 0 Å². The minimum Gasteiger partial charge on any atom is -0.369 e. The normalized spacial score (nSPS) is 10.2. The summed E-state index contributed by atoms with van der Waals surface area (Å²) in [6.07, 6.45) is 2.74. The van der Waals surface area contributed by atoms with E-state index in [1.807, 2.05) is 6.92 Å². The highest BCUT2D eigenvalue weighted by Crippen LogP contribution is 2.13. The molecule has 17 heavy (non-hydrogen) atoms. The van der Waals surface area contributed by atoms with Crippen LogP contribution in [0.5, 0.6) is 0 Å². The number of thiophene rings is 1. The maximum absolute atomic E-state index is 5.27. The summed E-state index contributed by atoms with van der Waals surface area (Å²) in [4.78, 5) is 9.65. The van der Waals surface area contributed by atoms with Gasteiger partial charge in [0.25, 0.3) is 0 Å². The molecular formula is C11H15N5S. The van der Waals surface area contributed by atoms with Crippen molar-refractivity contribution >= 4 is 23.1 Å². The Balaban J connectivity index is 1.94. The first-order chi connectivity index (χ1) is 8.29. The fourth-order valence-corrected chi connectivity index (χ4v) is 2.16. The number of anilines is 2. The number of hydrogen-bond donors (Lipinski definition) is 3. The number of hydrogen-bond acceptors (Lipinski definition) is 6. The number of nitrogens with two attached hydrogens (primary N) is 1. The molecule has 0 aromatic carbocycles. The molecule has 2 aromatic rings. The highest BCUT2D eigenvalue weighted by molar-refractivity contribution is 7.09. The van der Waals surface area contributed by atoms with Crippen LogP contribution < -0.4 is 16.6 Å². The predicted octanol–water partition coefficient (Wildman–Crippen LogP) is 1.79. The standard InChI is InChI=1S/C11H15N5S/c1-8-7-14-11(16-12)15-10(8)13-5-4-9-3-2-6-17-9/h2-3,6-7H,4-5,12H2,1H3,(H2,13,14,15,16). The number of nitrogens with one attached hydrogen (secondary N) is 2. The van der Waals surface area contributed by atoms with Gasteiger partial charge >= 0.3 is 0 Å². The summed E-state index contributed by atoms with van der Waals surface area (Å²) in [6.45, 7) is 2.82. The van der Waals surface area contributed by atoms with E-state index in [0.717, 1.165) is 24.3 Å². The highest BCUT2D eigenvalue weighted by Gasteiger charge is 2.02. The van der Waals surface area contributed by atoms with Gasteiger partial charge in [0.1, 0.15) is 5.82 Å². The molecule has 0 saturated carbocycles. The lowest BCUT2D eigenvalue weighted by atomic mass is 10.3. The average molecular weight is 249 g/mol. The summed E-state index contributed by atoms with van der Waals surface area (Å²) in [6, 6.07) is 4.19. The van der Waals surface area contributed by atoms with Crippen LogP contribution in [0.25, 0.3) is 0 Å². The number of rotatable bonds is 5. The second-order valence-electron chi connectivity index (χ2n) is 3.63. The van der Waals surface area contributed by atoms with Crippen molar-refractivity contribution in [2.24, 2.45) is 5.84 Å². The van der Waals surface area contributed by atoms with Gasteiger partial charge in [-0.1, -0.05) is 6.07 Å². The maximum atomic E-state index is 5.27. The molecule has 90 valence electrons. The molecule has 0 aliphatic heterocycles. The summed E-state index contributed by atoms with van der Waals surface area (Å²) in [5.41, 5.74) is 3.45. The molecule has 0 spiro atoms. The minimum absolute atomic E-state index is 0.425. The third-order valence-corrected chi connectivity index (χ3v) is 3.28. The van der Waals surface area contributed by atoms with Gasteiger partial charge in [-0.25, -0.2) is 10.8 Å². The first-order valence-electron chi connectivity index (χ1n) is 5.36. The zero-order valence-electron chi connectivity index (χ0n) is 9.60. The lowest BCUT2D eigenvalue weighted by molar-refractivity contribution is 1.00. The van der Waals surface area contributed by atoms with Gasteiger partial charge in [-0.05, 0) is 24.8 Å². The van der Waals surface area contributed by atoms with Crippen LogP contribution in [0.1, 0.15) is 10.4 Å². The molecule has 2 rings (SSSR count). The zero-order chi connectivity index (χ0) is 12.1. The summed E-state index contributed by atoms with van der Waals surface area (Å²) in [5, 5.41) is 5.37. The molecular weight excluding hydrogens is 234 g/mol. The molecule has 0 aliphatic carbocycles. The van der Waals surface area contributed by atoms with Gasteiger partial charge in [-0.2, -0.15) is 4.98 Å². The van der Waals surface area contributed by atoms with Crippen LogP contribution in [0.2, 0.25) is 0 Å². The molecule has 0 amide bonds. The molecule has 4 N–H and O–H groups in total. The van der Waals surface area contributed by atoms with E-state index in [9.17, 15) is 0 Å². The lowest BCUT2D eigenvalue weighted by Crippen LogP contribution is -2.13. The molecule has 6 heteroatoms. The van der Waals surface area contributed by atoms with Crippen LogP contribution in [0, 0.1) is 6.92 Å². The molecule has 2 heterocycles. The van der Waals surface area contributed by atoms with Crippen molar-refractivity contribution in [3.63, 3.8) is 0 Å². The van der Waals surface area contributed by atoms with E-state index in [1.54, 1.807) is 17.5 Å². The van der Waals surface area contributed by atoms with Gasteiger partial charge in [0, 0.05) is 23.2 Å². The van der Waals surface area contributed by atoms with Gasteiger partial charge < -0.3 is 5.32 Å². The van der Waals surface area contributed by atoms with Crippen molar-refractivity contribution in [2.45, 2.75) is 13.3 Å². The monoisotopic (exact) mass is 249 g/mol. The fourth-order valence-electron chi connectivity index (χ4n) is 1.45. The van der Waals surface area contributed by atoms with E-state index in [-0.39, 0.29) is 0 Å². The summed E-state index contributed by atoms with van der Waals surface area (Å²) >= 11 is 1.76. The van der Waals surface area contributed by atoms with Crippen LogP contribution in [0.15, 0.2) is 23.7 Å². The van der Waals surface area contributed by atoms with Crippen LogP contribution in [0.3, 0.4) is 0 Å². The first-order valence-corrected chi connectivity index (χ1v) is 6.24. The van der Waals surface area contributed by atoms with Gasteiger partial charge in [0.2, 0.25) is 5.95 Å². The molecule has 5 nitrogen and oxygen atoms in total. The van der Waals surface area contributed by atoms with Gasteiger partial charge in [0.15, 0.2) is 0 Å². The Morgan fingerprint density at radius 2 is 2.35 bits per heavy atom. The number of aromatic nitrogens is 2. The predicted molar refractivity (Wildman–Crippen MR) is 71.1 cm³/mol. The van der Waals surface area contributed by atoms with Crippen molar-refractivity contribution in [1.82, 2.24) is 9.97 Å². The van der Waals surface area contributed by atoms with Crippen molar-refractivity contribution in [3.05, 3.63) is 34.2 Å². The quantitative estimate of drug-likeness (QED) is 0.556. The zero-order valence-corrected chi connectivity index (χ0v) is 10.4. The number of hydrazine groups is 1. The minimum atomic E-state index is 0.425. The molecule has 0 bridgehead atoms. The molecule has 0 saturated heterocycles. The molecule has 0 fully saturated rings. The smallest absolute Gasteiger partial charge is 0.239 e. The largest absolute Gasteiger partial charge is 0.369 e. The number of nitrogen functional groups attached to an aromatic ring is 1. The first kappa shape index (κ1) is 11.8. The van der Waals surface area contributed by atoms with E-state index < -0.39 is 0 Å².